The van der Waals surface area contributed by atoms with Gasteiger partial charge in [-0.2, -0.15) is 0 Å². The standard InChI is InChI=1S/C20H24F2N2O4Si/c1-28-11-12-5-7-13(8-6-12)18(24-20(26)27)19(25)23-16-9-15(22)17(10-14(16)21)29(2,3)4/h5-10,18,24H,11H2,1-4H3,(H,23,25)(H,26,27). The lowest BCUT2D eigenvalue weighted by Gasteiger charge is -2.20. The first-order valence-corrected chi connectivity index (χ1v) is 12.4. The van der Waals surface area contributed by atoms with Crippen LogP contribution >= 0.6 is 0 Å². The van der Waals surface area contributed by atoms with Gasteiger partial charge in [0.05, 0.1) is 20.4 Å². The van der Waals surface area contributed by atoms with Crippen LogP contribution in [0.15, 0.2) is 36.4 Å². The molecule has 9 heteroatoms. The molecule has 2 amide bonds. The molecule has 0 aliphatic heterocycles. The van der Waals surface area contributed by atoms with Gasteiger partial charge in [-0.15, -0.1) is 0 Å². The molecule has 6 nitrogen and oxygen atoms in total. The van der Waals surface area contributed by atoms with Crippen LogP contribution in [0.5, 0.6) is 0 Å². The lowest BCUT2D eigenvalue weighted by atomic mass is 10.0. The molecule has 0 heterocycles. The van der Waals surface area contributed by atoms with E-state index in [9.17, 15) is 18.4 Å². The number of hydrogen-bond acceptors (Lipinski definition) is 3. The van der Waals surface area contributed by atoms with E-state index in [4.69, 9.17) is 9.84 Å². The normalized spacial score (nSPS) is 12.3. The van der Waals surface area contributed by atoms with Crippen molar-refractivity contribution in [2.45, 2.75) is 32.3 Å². The molecule has 0 aromatic heterocycles. The Balaban J connectivity index is 2.31. The predicted octanol–water partition coefficient (Wildman–Crippen LogP) is 3.60. The smallest absolute Gasteiger partial charge is 0.405 e. The van der Waals surface area contributed by atoms with Gasteiger partial charge < -0.3 is 20.5 Å². The summed E-state index contributed by atoms with van der Waals surface area (Å²) in [5.41, 5.74) is 0.841. The fourth-order valence-corrected chi connectivity index (χ4v) is 4.17. The van der Waals surface area contributed by atoms with E-state index in [1.165, 1.54) is 7.11 Å². The Hall–Kier alpha value is -2.78. The second kappa shape index (κ2) is 9.14. The SMILES string of the molecule is COCc1ccc(C(NC(=O)O)C(=O)Nc2cc(F)c([Si](C)(C)C)cc2F)cc1. The number of hydrogen-bond donors (Lipinski definition) is 3. The Morgan fingerprint density at radius 1 is 1.10 bits per heavy atom. The van der Waals surface area contributed by atoms with Gasteiger partial charge in [0.25, 0.3) is 5.91 Å². The van der Waals surface area contributed by atoms with Gasteiger partial charge in [-0.1, -0.05) is 43.9 Å². The van der Waals surface area contributed by atoms with Crippen LogP contribution in [0.2, 0.25) is 19.6 Å². The first-order valence-electron chi connectivity index (χ1n) is 8.90. The van der Waals surface area contributed by atoms with Gasteiger partial charge in [0, 0.05) is 13.2 Å². The average molecular weight is 423 g/mol. The largest absolute Gasteiger partial charge is 0.465 e. The molecule has 0 fully saturated rings. The van der Waals surface area contributed by atoms with Gasteiger partial charge >= 0.3 is 6.09 Å². The number of nitrogens with one attached hydrogen (secondary N) is 2. The summed E-state index contributed by atoms with van der Waals surface area (Å²) in [4.78, 5) is 23.8. The second-order valence-electron chi connectivity index (χ2n) is 7.61. The van der Waals surface area contributed by atoms with Crippen molar-refractivity contribution < 1.29 is 28.2 Å². The van der Waals surface area contributed by atoms with Gasteiger partial charge in [0.1, 0.15) is 17.7 Å². The van der Waals surface area contributed by atoms with Gasteiger partial charge in [-0.3, -0.25) is 4.79 Å². The highest BCUT2D eigenvalue weighted by Gasteiger charge is 2.26. The summed E-state index contributed by atoms with van der Waals surface area (Å²) in [5.74, 6) is -2.21. The van der Waals surface area contributed by atoms with Crippen LogP contribution in [0.4, 0.5) is 19.3 Å². The third kappa shape index (κ3) is 5.85. The molecule has 0 spiro atoms. The minimum atomic E-state index is -2.11. The van der Waals surface area contributed by atoms with Crippen LogP contribution in [0, 0.1) is 11.6 Å². The topological polar surface area (TPSA) is 87.7 Å². The molecule has 0 aliphatic rings. The zero-order chi connectivity index (χ0) is 21.8. The average Bonchev–Trinajstić information content (AvgIpc) is 2.62. The second-order valence-corrected chi connectivity index (χ2v) is 12.6. The maximum absolute atomic E-state index is 14.5. The molecule has 2 aromatic rings. The third-order valence-corrected chi connectivity index (χ3v) is 6.28. The van der Waals surface area contributed by atoms with Crippen molar-refractivity contribution >= 4 is 30.9 Å². The molecule has 2 aromatic carbocycles. The molecule has 0 radical (unpaired) electrons. The van der Waals surface area contributed by atoms with Crippen molar-refractivity contribution in [3.8, 4) is 0 Å². The number of ether oxygens (including phenoxy) is 1. The van der Waals surface area contributed by atoms with E-state index < -0.39 is 37.8 Å². The zero-order valence-electron chi connectivity index (χ0n) is 16.7. The minimum absolute atomic E-state index is 0.307. The molecular formula is C20H24F2N2O4Si. The first kappa shape index (κ1) is 22.5. The summed E-state index contributed by atoms with van der Waals surface area (Å²) in [6.45, 7) is 5.99. The van der Waals surface area contributed by atoms with Gasteiger partial charge in [-0.25, -0.2) is 13.6 Å². The summed E-state index contributed by atoms with van der Waals surface area (Å²) in [6, 6.07) is 7.23. The number of amides is 2. The molecule has 3 N–H and O–H groups in total. The van der Waals surface area contributed by atoms with E-state index in [0.717, 1.165) is 17.7 Å². The van der Waals surface area contributed by atoms with E-state index in [0.29, 0.717) is 17.4 Å². The Morgan fingerprint density at radius 3 is 2.24 bits per heavy atom. The molecule has 1 atom stereocenters. The maximum Gasteiger partial charge on any atom is 0.405 e. The monoisotopic (exact) mass is 422 g/mol. The number of rotatable bonds is 7. The number of anilines is 1. The summed E-state index contributed by atoms with van der Waals surface area (Å²) in [7, 11) is -0.570. The highest BCUT2D eigenvalue weighted by molar-refractivity contribution is 6.88. The molecule has 0 saturated heterocycles. The van der Waals surface area contributed by atoms with Crippen molar-refractivity contribution in [1.82, 2.24) is 5.32 Å². The first-order chi connectivity index (χ1) is 13.5. The summed E-state index contributed by atoms with van der Waals surface area (Å²) >= 11 is 0. The summed E-state index contributed by atoms with van der Waals surface area (Å²) < 4.78 is 33.9. The number of benzene rings is 2. The zero-order valence-corrected chi connectivity index (χ0v) is 17.7. The fourth-order valence-electron chi connectivity index (χ4n) is 2.82. The lowest BCUT2D eigenvalue weighted by molar-refractivity contribution is -0.118. The van der Waals surface area contributed by atoms with Gasteiger partial charge in [0.15, 0.2) is 0 Å². The van der Waals surface area contributed by atoms with Crippen LogP contribution in [-0.2, 0) is 16.1 Å². The quantitative estimate of drug-likeness (QED) is 0.595. The van der Waals surface area contributed by atoms with Crippen LogP contribution in [0.3, 0.4) is 0 Å². The van der Waals surface area contributed by atoms with E-state index in [1.807, 2.05) is 19.6 Å². The Bertz CT molecular complexity index is 899. The van der Waals surface area contributed by atoms with E-state index in [-0.39, 0.29) is 5.69 Å². The van der Waals surface area contributed by atoms with Crippen molar-refractivity contribution in [1.29, 1.82) is 0 Å². The van der Waals surface area contributed by atoms with Crippen molar-refractivity contribution in [3.05, 3.63) is 59.2 Å². The van der Waals surface area contributed by atoms with E-state index in [2.05, 4.69) is 10.6 Å². The number of carboxylic acid groups (broad SMARTS) is 1. The molecule has 156 valence electrons. The Labute approximate surface area is 168 Å². The van der Waals surface area contributed by atoms with Crippen LogP contribution in [0.25, 0.3) is 0 Å². The van der Waals surface area contributed by atoms with Crippen molar-refractivity contribution in [2.24, 2.45) is 0 Å². The molecule has 29 heavy (non-hydrogen) atoms. The highest BCUT2D eigenvalue weighted by atomic mass is 28.3. The van der Waals surface area contributed by atoms with E-state index >= 15 is 0 Å². The Kier molecular flexibility index (Phi) is 7.10. The van der Waals surface area contributed by atoms with Crippen molar-refractivity contribution in [3.63, 3.8) is 0 Å². The molecule has 0 bridgehead atoms. The van der Waals surface area contributed by atoms with E-state index in [1.54, 1.807) is 24.3 Å². The fraction of sp³-hybridized carbons (Fsp3) is 0.300. The molecule has 2 rings (SSSR count). The molecular weight excluding hydrogens is 398 g/mol. The van der Waals surface area contributed by atoms with Gasteiger partial charge in [0.2, 0.25) is 0 Å². The maximum atomic E-state index is 14.5. The van der Waals surface area contributed by atoms with Crippen molar-refractivity contribution in [2.75, 3.05) is 12.4 Å². The third-order valence-electron chi connectivity index (χ3n) is 4.28. The number of carbonyl (C=O) groups excluding carboxylic acids is 1. The molecule has 0 saturated carbocycles. The minimum Gasteiger partial charge on any atom is -0.465 e. The van der Waals surface area contributed by atoms with Crippen LogP contribution in [-0.4, -0.2) is 32.3 Å². The summed E-state index contributed by atoms with van der Waals surface area (Å²) in [5, 5.41) is 13.8. The lowest BCUT2D eigenvalue weighted by Crippen LogP contribution is -2.40. The predicted molar refractivity (Wildman–Crippen MR) is 109 cm³/mol. The van der Waals surface area contributed by atoms with Gasteiger partial charge in [-0.05, 0) is 22.4 Å². The number of halogens is 2. The molecule has 0 aliphatic carbocycles. The summed E-state index contributed by atoms with van der Waals surface area (Å²) in [6.07, 6.45) is -1.42. The number of carbonyl (C=O) groups is 2. The molecule has 1 unspecified atom stereocenters. The Morgan fingerprint density at radius 2 is 1.72 bits per heavy atom. The van der Waals surface area contributed by atoms with Crippen LogP contribution in [0.1, 0.15) is 17.2 Å². The van der Waals surface area contributed by atoms with Crippen LogP contribution < -0.4 is 15.8 Å². The highest BCUT2D eigenvalue weighted by Crippen LogP contribution is 2.21. The number of methoxy groups -OCH3 is 1.